The molecule has 0 saturated heterocycles. The third kappa shape index (κ3) is 12.4. The van der Waals surface area contributed by atoms with Crippen LogP contribution in [0.15, 0.2) is 9.15 Å². The van der Waals surface area contributed by atoms with E-state index in [1.165, 1.54) is 0 Å². The summed E-state index contributed by atoms with van der Waals surface area (Å²) in [6, 6.07) is 0. The smallest absolute Gasteiger partial charge is 0.133 e. The van der Waals surface area contributed by atoms with E-state index in [-0.39, 0.29) is 12.8 Å². The van der Waals surface area contributed by atoms with Gasteiger partial charge in [-0.05, 0) is 64.7 Å². The van der Waals surface area contributed by atoms with Crippen LogP contribution in [0.5, 0.6) is 0 Å². The van der Waals surface area contributed by atoms with Gasteiger partial charge >= 0.3 is 0 Å². The zero-order valence-electron chi connectivity index (χ0n) is 18.1. The molecule has 0 bridgehead atoms. The summed E-state index contributed by atoms with van der Waals surface area (Å²) >= 11 is 2.29. The summed E-state index contributed by atoms with van der Waals surface area (Å²) in [5.41, 5.74) is 0.999. The molecule has 124 valence electrons. The molecule has 0 spiro atoms. The van der Waals surface area contributed by atoms with E-state index in [4.69, 9.17) is 5.48 Å². The minimum Gasteiger partial charge on any atom is -0.300 e. The Morgan fingerprint density at radius 3 is 2.05 bits per heavy atom. The highest BCUT2D eigenvalue weighted by molar-refractivity contribution is 14.1. The number of carbonyl (C=O) groups is 1. The number of hydrogen-bond acceptors (Lipinski definition) is 1. The second-order valence-electron chi connectivity index (χ2n) is 5.53. The van der Waals surface area contributed by atoms with Gasteiger partial charge in [0.05, 0.1) is 0 Å². The summed E-state index contributed by atoms with van der Waals surface area (Å²) in [5, 5.41) is 0. The number of halogens is 1. The third-order valence-corrected chi connectivity index (χ3v) is 4.80. The van der Waals surface area contributed by atoms with Gasteiger partial charge < -0.3 is 0 Å². The van der Waals surface area contributed by atoms with Crippen molar-refractivity contribution in [2.45, 2.75) is 104 Å². The van der Waals surface area contributed by atoms with Gasteiger partial charge in [0.15, 0.2) is 0 Å². The molecule has 0 saturated carbocycles. The van der Waals surface area contributed by atoms with Crippen molar-refractivity contribution in [1.29, 1.82) is 0 Å². The van der Waals surface area contributed by atoms with Crippen LogP contribution in [0.1, 0.15) is 110 Å². The maximum Gasteiger partial charge on any atom is 0.133 e. The number of Topliss-reactive ketones (excluding diaryl/α,β-unsaturated/α-hetero) is 1. The van der Waals surface area contributed by atoms with Gasteiger partial charge in [-0.25, -0.2) is 0 Å². The fraction of sp³-hybridized carbons (Fsp3) is 0.842. The Labute approximate surface area is 152 Å². The lowest BCUT2D eigenvalue weighted by Gasteiger charge is -2.11. The predicted octanol–water partition coefficient (Wildman–Crippen LogP) is 7.38. The van der Waals surface area contributed by atoms with Gasteiger partial charge in [-0.2, -0.15) is 0 Å². The first-order valence-electron chi connectivity index (χ1n) is 10.5. The van der Waals surface area contributed by atoms with E-state index >= 15 is 0 Å². The molecule has 0 radical (unpaired) electrons. The van der Waals surface area contributed by atoms with E-state index in [9.17, 15) is 4.79 Å². The molecule has 0 unspecified atom stereocenters. The molecule has 1 nitrogen and oxygen atoms in total. The SMILES string of the molecule is [2H]C([2H])(CCCCC)C(=O)C([2H])([2H])C/C(CCCC)=C(\I)CCCC. The zero-order chi connectivity index (χ0) is 19.5. The summed E-state index contributed by atoms with van der Waals surface area (Å²) < 4.78 is 33.7. The lowest BCUT2D eigenvalue weighted by Crippen LogP contribution is -2.00. The molecule has 0 aromatic carbocycles. The van der Waals surface area contributed by atoms with Crippen molar-refractivity contribution in [3.63, 3.8) is 0 Å². The van der Waals surface area contributed by atoms with Crippen LogP contribution in [-0.2, 0) is 4.79 Å². The van der Waals surface area contributed by atoms with Crippen molar-refractivity contribution in [2.24, 2.45) is 0 Å². The van der Waals surface area contributed by atoms with E-state index in [0.29, 0.717) is 6.42 Å². The van der Waals surface area contributed by atoms with Crippen LogP contribution in [0.4, 0.5) is 0 Å². The lowest BCUT2D eigenvalue weighted by molar-refractivity contribution is -0.119. The molecule has 0 aliphatic rings. The third-order valence-electron chi connectivity index (χ3n) is 3.49. The van der Waals surface area contributed by atoms with Crippen molar-refractivity contribution in [3.05, 3.63) is 9.15 Å². The maximum absolute atomic E-state index is 12.6. The molecule has 0 aromatic heterocycles. The zero-order valence-corrected chi connectivity index (χ0v) is 16.2. The predicted molar refractivity (Wildman–Crippen MR) is 103 cm³/mol. The molecule has 21 heavy (non-hydrogen) atoms. The molecule has 0 rings (SSSR count). The summed E-state index contributed by atoms with van der Waals surface area (Å²) in [4.78, 5) is 12.6. The summed E-state index contributed by atoms with van der Waals surface area (Å²) in [5.74, 6) is -0.884. The van der Waals surface area contributed by atoms with E-state index in [1.807, 2.05) is 6.92 Å². The Morgan fingerprint density at radius 1 is 0.810 bits per heavy atom. The Balaban J connectivity index is 5.19. The van der Waals surface area contributed by atoms with Gasteiger partial charge in [0.25, 0.3) is 0 Å². The van der Waals surface area contributed by atoms with Crippen LogP contribution < -0.4 is 0 Å². The Kier molecular flexibility index (Phi) is 10.5. The second kappa shape index (κ2) is 15.1. The molecule has 2 heteroatoms. The van der Waals surface area contributed by atoms with Gasteiger partial charge in [0.2, 0.25) is 0 Å². The van der Waals surface area contributed by atoms with E-state index < -0.39 is 18.5 Å². The van der Waals surface area contributed by atoms with Crippen molar-refractivity contribution in [1.82, 2.24) is 0 Å². The van der Waals surface area contributed by atoms with Gasteiger partial charge in [0.1, 0.15) is 5.78 Å². The van der Waals surface area contributed by atoms with E-state index in [1.54, 1.807) is 0 Å². The van der Waals surface area contributed by atoms with Crippen molar-refractivity contribution < 1.29 is 10.3 Å². The normalized spacial score (nSPS) is 16.6. The van der Waals surface area contributed by atoms with Gasteiger partial charge in [-0.1, -0.05) is 58.4 Å². The minimum absolute atomic E-state index is 0.0289. The topological polar surface area (TPSA) is 17.1 Å². The van der Waals surface area contributed by atoms with Crippen molar-refractivity contribution >= 4 is 28.4 Å². The van der Waals surface area contributed by atoms with E-state index in [0.717, 1.165) is 60.5 Å². The van der Waals surface area contributed by atoms with Gasteiger partial charge in [0, 0.05) is 18.2 Å². The number of carbonyl (C=O) groups excluding carboxylic acids is 1. The first kappa shape index (κ1) is 14.7. The number of unbranched alkanes of at least 4 members (excludes halogenated alkanes) is 4. The largest absolute Gasteiger partial charge is 0.300 e. The molecule has 0 aromatic rings. The highest BCUT2D eigenvalue weighted by atomic mass is 127. The monoisotopic (exact) mass is 410 g/mol. The standard InChI is InChI=1S/C19H35IO/c1-4-7-10-11-13-18(21)16-15-17(12-8-5-2)19(20)14-9-6-3/h4-16H2,1-3H3/b19-17-/i13D2,16D2. The van der Waals surface area contributed by atoms with Crippen LogP contribution >= 0.6 is 22.6 Å². The molecule has 0 aliphatic carbocycles. The fourth-order valence-electron chi connectivity index (χ4n) is 2.05. The van der Waals surface area contributed by atoms with Crippen LogP contribution in [0.2, 0.25) is 0 Å². The fourth-order valence-corrected chi connectivity index (χ4v) is 2.89. The molecule has 0 N–H and O–H groups in total. The Bertz CT molecular complexity index is 433. The Hall–Kier alpha value is 0.140. The molecule has 0 atom stereocenters. The molecule has 0 amide bonds. The first-order chi connectivity index (χ1) is 11.6. The number of allylic oxidation sites excluding steroid dienone is 2. The average molecular weight is 410 g/mol. The summed E-state index contributed by atoms with van der Waals surface area (Å²) in [6.07, 6.45) is 4.22. The number of hydrogen-bond donors (Lipinski definition) is 0. The molecule has 0 aliphatic heterocycles. The van der Waals surface area contributed by atoms with Crippen LogP contribution in [0.3, 0.4) is 0 Å². The Morgan fingerprint density at radius 2 is 1.43 bits per heavy atom. The summed E-state index contributed by atoms with van der Waals surface area (Å²) in [7, 11) is 0. The van der Waals surface area contributed by atoms with Crippen LogP contribution in [0.25, 0.3) is 0 Å². The number of ketones is 1. The summed E-state index contributed by atoms with van der Waals surface area (Å²) in [6.45, 7) is 6.26. The minimum atomic E-state index is -2.14. The average Bonchev–Trinajstić information content (AvgIpc) is 2.55. The quantitative estimate of drug-likeness (QED) is 0.216. The maximum atomic E-state index is 12.6. The van der Waals surface area contributed by atoms with E-state index in [2.05, 4.69) is 36.4 Å². The molecular weight excluding hydrogens is 371 g/mol. The van der Waals surface area contributed by atoms with Crippen LogP contribution in [0, 0.1) is 0 Å². The molecule has 0 fully saturated rings. The highest BCUT2D eigenvalue weighted by Gasteiger charge is 2.08. The van der Waals surface area contributed by atoms with Crippen molar-refractivity contribution in [2.75, 3.05) is 0 Å². The van der Waals surface area contributed by atoms with Crippen LogP contribution in [-0.4, -0.2) is 5.78 Å². The number of rotatable bonds is 14. The molecular formula is C19H35IO. The van der Waals surface area contributed by atoms with Gasteiger partial charge in [-0.3, -0.25) is 4.79 Å². The second-order valence-corrected chi connectivity index (χ2v) is 6.83. The molecule has 0 heterocycles. The van der Waals surface area contributed by atoms with Crippen molar-refractivity contribution in [3.8, 4) is 0 Å². The van der Waals surface area contributed by atoms with Gasteiger partial charge in [-0.15, -0.1) is 0 Å². The highest BCUT2D eigenvalue weighted by Crippen LogP contribution is 2.27. The first-order valence-corrected chi connectivity index (χ1v) is 9.61. The lowest BCUT2D eigenvalue weighted by atomic mass is 9.98.